The zero-order valence-corrected chi connectivity index (χ0v) is 16.4. The average Bonchev–Trinajstić information content (AvgIpc) is 2.56. The van der Waals surface area contributed by atoms with Crippen molar-refractivity contribution in [3.63, 3.8) is 0 Å². The Balaban J connectivity index is 1.87. The monoisotopic (exact) mass is 330 g/mol. The Labute approximate surface area is 153 Å². The third-order valence-electron chi connectivity index (χ3n) is 5.75. The fraction of sp³-hybridized carbons (Fsp3) is 0.440. The van der Waals surface area contributed by atoms with Crippen LogP contribution in [0.1, 0.15) is 77.5 Å². The molecule has 0 aliphatic heterocycles. The highest BCUT2D eigenvalue weighted by Gasteiger charge is 2.20. The number of rotatable bonds is 1. The van der Waals surface area contributed by atoms with Crippen molar-refractivity contribution in [3.8, 4) is 11.8 Å². The topological polar surface area (TPSA) is 0 Å². The molecule has 1 saturated carbocycles. The van der Waals surface area contributed by atoms with Gasteiger partial charge in [-0.25, -0.2) is 0 Å². The summed E-state index contributed by atoms with van der Waals surface area (Å²) in [6, 6.07) is 11.3. The normalized spacial score (nSPS) is 20.0. The number of aryl methyl sites for hydroxylation is 4. The van der Waals surface area contributed by atoms with E-state index in [0.29, 0.717) is 0 Å². The highest BCUT2D eigenvalue weighted by Crippen LogP contribution is 2.36. The molecule has 0 bridgehead atoms. The maximum Gasteiger partial charge on any atom is 0.0307 e. The molecule has 25 heavy (non-hydrogen) atoms. The van der Waals surface area contributed by atoms with E-state index in [1.165, 1.54) is 59.1 Å². The molecule has 0 saturated heterocycles. The van der Waals surface area contributed by atoms with Crippen molar-refractivity contribution in [2.24, 2.45) is 5.92 Å². The molecule has 0 radical (unpaired) electrons. The van der Waals surface area contributed by atoms with Crippen LogP contribution in [0.5, 0.6) is 0 Å². The predicted molar refractivity (Wildman–Crippen MR) is 108 cm³/mol. The molecule has 1 fully saturated rings. The zero-order chi connectivity index (χ0) is 18.0. The second-order valence-corrected chi connectivity index (χ2v) is 8.05. The predicted octanol–water partition coefficient (Wildman–Crippen LogP) is 6.61. The quantitative estimate of drug-likeness (QED) is 0.516. The van der Waals surface area contributed by atoms with Crippen molar-refractivity contribution in [1.82, 2.24) is 0 Å². The van der Waals surface area contributed by atoms with Gasteiger partial charge in [-0.1, -0.05) is 61.4 Å². The molecular weight excluding hydrogens is 300 g/mol. The van der Waals surface area contributed by atoms with E-state index in [1.54, 1.807) is 0 Å². The molecule has 0 N–H and O–H groups in total. The van der Waals surface area contributed by atoms with Gasteiger partial charge in [0.25, 0.3) is 0 Å². The Kier molecular flexibility index (Phi) is 5.33. The van der Waals surface area contributed by atoms with Crippen molar-refractivity contribution < 1.29 is 0 Å². The summed E-state index contributed by atoms with van der Waals surface area (Å²) in [6.07, 6.45) is 5.43. The zero-order valence-electron chi connectivity index (χ0n) is 16.4. The smallest absolute Gasteiger partial charge is 0.0307 e. The Morgan fingerprint density at radius 2 is 1.40 bits per heavy atom. The van der Waals surface area contributed by atoms with E-state index in [9.17, 15) is 0 Å². The summed E-state index contributed by atoms with van der Waals surface area (Å²) in [7, 11) is 0. The van der Waals surface area contributed by atoms with Gasteiger partial charge in [0.2, 0.25) is 0 Å². The molecular formula is C25H30. The van der Waals surface area contributed by atoms with Crippen molar-refractivity contribution in [3.05, 3.63) is 69.3 Å². The van der Waals surface area contributed by atoms with Gasteiger partial charge in [-0.05, 0) is 80.7 Å². The second kappa shape index (κ2) is 7.49. The molecule has 0 aromatic heterocycles. The van der Waals surface area contributed by atoms with Crippen LogP contribution in [0, 0.1) is 45.5 Å². The first-order valence-corrected chi connectivity index (χ1v) is 9.64. The SMILES string of the molecule is Cc1ccc(C#Cc2c(C)cc(C3CCC(C)CC3)cc2C)c(C)c1. The Hall–Kier alpha value is -2.00. The molecule has 1 aliphatic rings. The van der Waals surface area contributed by atoms with Crippen LogP contribution in [0.4, 0.5) is 0 Å². The Morgan fingerprint density at radius 3 is 2.00 bits per heavy atom. The van der Waals surface area contributed by atoms with Crippen molar-refractivity contribution in [2.75, 3.05) is 0 Å². The summed E-state index contributed by atoms with van der Waals surface area (Å²) in [6.45, 7) is 11.1. The molecule has 0 heteroatoms. The van der Waals surface area contributed by atoms with E-state index >= 15 is 0 Å². The van der Waals surface area contributed by atoms with Gasteiger partial charge >= 0.3 is 0 Å². The lowest BCUT2D eigenvalue weighted by Gasteiger charge is -2.27. The number of hydrogen-bond donors (Lipinski definition) is 0. The molecule has 2 aromatic rings. The molecule has 2 aromatic carbocycles. The van der Waals surface area contributed by atoms with Crippen molar-refractivity contribution >= 4 is 0 Å². The van der Waals surface area contributed by atoms with Gasteiger partial charge in [-0.3, -0.25) is 0 Å². The van der Waals surface area contributed by atoms with Gasteiger partial charge in [0.05, 0.1) is 0 Å². The van der Waals surface area contributed by atoms with Gasteiger partial charge in [-0.15, -0.1) is 0 Å². The van der Waals surface area contributed by atoms with Crippen LogP contribution in [-0.4, -0.2) is 0 Å². The summed E-state index contributed by atoms with van der Waals surface area (Å²) < 4.78 is 0. The molecule has 0 amide bonds. The van der Waals surface area contributed by atoms with Crippen LogP contribution in [0.15, 0.2) is 30.3 Å². The van der Waals surface area contributed by atoms with Gasteiger partial charge in [0.15, 0.2) is 0 Å². The molecule has 0 heterocycles. The molecule has 0 unspecified atom stereocenters. The van der Waals surface area contributed by atoms with Crippen LogP contribution in [0.3, 0.4) is 0 Å². The summed E-state index contributed by atoms with van der Waals surface area (Å²) in [4.78, 5) is 0. The van der Waals surface area contributed by atoms with E-state index in [-0.39, 0.29) is 0 Å². The maximum absolute atomic E-state index is 3.45. The van der Waals surface area contributed by atoms with Gasteiger partial charge in [0, 0.05) is 11.1 Å². The van der Waals surface area contributed by atoms with E-state index in [0.717, 1.165) is 17.4 Å². The van der Waals surface area contributed by atoms with Crippen LogP contribution in [0.2, 0.25) is 0 Å². The molecule has 0 atom stereocenters. The van der Waals surface area contributed by atoms with Gasteiger partial charge in [-0.2, -0.15) is 0 Å². The Bertz CT molecular complexity index is 798. The highest BCUT2D eigenvalue weighted by atomic mass is 14.3. The summed E-state index contributed by atoms with van der Waals surface area (Å²) in [5.74, 6) is 8.49. The largest absolute Gasteiger partial charge is 0.0625 e. The second-order valence-electron chi connectivity index (χ2n) is 8.05. The van der Waals surface area contributed by atoms with Crippen molar-refractivity contribution in [2.45, 2.75) is 66.2 Å². The fourth-order valence-corrected chi connectivity index (χ4v) is 4.11. The molecule has 1 aliphatic carbocycles. The minimum atomic E-state index is 0.745. The first kappa shape index (κ1) is 17.8. The third kappa shape index (κ3) is 4.16. The van der Waals surface area contributed by atoms with Crippen molar-refractivity contribution in [1.29, 1.82) is 0 Å². The van der Waals surface area contributed by atoms with E-state index < -0.39 is 0 Å². The molecule has 0 nitrogen and oxygen atoms in total. The lowest BCUT2D eigenvalue weighted by Crippen LogP contribution is -2.11. The van der Waals surface area contributed by atoms with E-state index in [1.807, 2.05) is 0 Å². The standard InChI is InChI=1S/C25H30/c1-17-6-10-23(11-7-17)24-15-20(4)25(21(5)16-24)13-12-22-9-8-18(2)14-19(22)3/h8-9,14-17,23H,6-7,10-11H2,1-5H3. The molecule has 3 rings (SSSR count). The highest BCUT2D eigenvalue weighted by molar-refractivity contribution is 5.53. The van der Waals surface area contributed by atoms with Gasteiger partial charge in [0.1, 0.15) is 0 Å². The molecule has 0 spiro atoms. The lowest BCUT2D eigenvalue weighted by molar-refractivity contribution is 0.348. The minimum Gasteiger partial charge on any atom is -0.0625 e. The first-order valence-electron chi connectivity index (χ1n) is 9.64. The van der Waals surface area contributed by atoms with Crippen LogP contribution < -0.4 is 0 Å². The fourth-order valence-electron chi connectivity index (χ4n) is 4.11. The van der Waals surface area contributed by atoms with Crippen LogP contribution in [-0.2, 0) is 0 Å². The van der Waals surface area contributed by atoms with Gasteiger partial charge < -0.3 is 0 Å². The van der Waals surface area contributed by atoms with Crippen LogP contribution in [0.25, 0.3) is 0 Å². The van der Waals surface area contributed by atoms with Crippen LogP contribution >= 0.6 is 0 Å². The summed E-state index contributed by atoms with van der Waals surface area (Å²) in [5, 5.41) is 0. The average molecular weight is 331 g/mol. The first-order chi connectivity index (χ1) is 11.9. The minimum absolute atomic E-state index is 0.745. The third-order valence-corrected chi connectivity index (χ3v) is 5.75. The number of hydrogen-bond acceptors (Lipinski definition) is 0. The molecule has 130 valence electrons. The van der Waals surface area contributed by atoms with E-state index in [2.05, 4.69) is 76.8 Å². The summed E-state index contributed by atoms with van der Waals surface area (Å²) >= 11 is 0. The maximum atomic E-state index is 3.45. The Morgan fingerprint density at radius 1 is 0.760 bits per heavy atom. The van der Waals surface area contributed by atoms with E-state index in [4.69, 9.17) is 0 Å². The summed E-state index contributed by atoms with van der Waals surface area (Å²) in [5.41, 5.74) is 9.07. The lowest BCUT2D eigenvalue weighted by atomic mass is 9.78. The number of benzene rings is 2.